The minimum atomic E-state index is -3.36. The summed E-state index contributed by atoms with van der Waals surface area (Å²) in [6.07, 6.45) is 6.09. The third-order valence-electron chi connectivity index (χ3n) is 5.99. The first kappa shape index (κ1) is 19.2. The molecule has 5 rings (SSSR count). The lowest BCUT2D eigenvalue weighted by Crippen LogP contribution is -2.27. The molecule has 1 fully saturated rings. The van der Waals surface area contributed by atoms with E-state index in [2.05, 4.69) is 0 Å². The molecule has 6 nitrogen and oxygen atoms in total. The van der Waals surface area contributed by atoms with Crippen molar-refractivity contribution in [3.63, 3.8) is 0 Å². The van der Waals surface area contributed by atoms with Crippen LogP contribution in [0.2, 0.25) is 0 Å². The third kappa shape index (κ3) is 3.27. The quantitative estimate of drug-likeness (QED) is 0.630. The summed E-state index contributed by atoms with van der Waals surface area (Å²) in [5.41, 5.74) is 3.29. The maximum Gasteiger partial charge on any atom is 0.258 e. The summed E-state index contributed by atoms with van der Waals surface area (Å²) >= 11 is 0. The van der Waals surface area contributed by atoms with E-state index >= 15 is 0 Å². The molecule has 0 bridgehead atoms. The number of aryl methyl sites for hydroxylation is 1. The highest BCUT2D eigenvalue weighted by Crippen LogP contribution is 2.43. The van der Waals surface area contributed by atoms with Crippen molar-refractivity contribution < 1.29 is 13.2 Å². The fourth-order valence-electron chi connectivity index (χ4n) is 4.18. The average Bonchev–Trinajstić information content (AvgIpc) is 3.45. The molecular weight excluding hydrogens is 400 g/mol. The highest BCUT2D eigenvalue weighted by molar-refractivity contribution is 7.92. The van der Waals surface area contributed by atoms with Gasteiger partial charge in [-0.25, -0.2) is 8.42 Å². The van der Waals surface area contributed by atoms with E-state index in [0.717, 1.165) is 27.8 Å². The van der Waals surface area contributed by atoms with Crippen molar-refractivity contribution >= 4 is 26.5 Å². The maximum atomic E-state index is 12.6. The standard InChI is InChI=1S/C23H24N2O4S/c1-24-13-20(17-5-3-4-6-18(17)23(24)26)19-12-21-16(9-10-25(21)30(2,27)28)11-22(19)29-14-15-7-8-15/h3-6,11-13,15H,7-10,14H2,1-2H3. The van der Waals surface area contributed by atoms with Crippen LogP contribution in [0, 0.1) is 5.92 Å². The molecule has 2 aromatic carbocycles. The summed E-state index contributed by atoms with van der Waals surface area (Å²) in [5.74, 6) is 1.34. The monoisotopic (exact) mass is 424 g/mol. The summed E-state index contributed by atoms with van der Waals surface area (Å²) < 4.78 is 33.9. The second-order valence-corrected chi connectivity index (χ2v) is 10.2. The molecule has 0 radical (unpaired) electrons. The van der Waals surface area contributed by atoms with Gasteiger partial charge in [0.05, 0.1) is 18.6 Å². The van der Waals surface area contributed by atoms with Crippen LogP contribution in [0.25, 0.3) is 21.9 Å². The SMILES string of the molecule is Cn1cc(-c2cc3c(cc2OCC2CC2)CCN3S(C)(=O)=O)c2ccccc2c1=O. The molecule has 0 spiro atoms. The van der Waals surface area contributed by atoms with Gasteiger partial charge in [0.1, 0.15) is 5.75 Å². The number of hydrogen-bond acceptors (Lipinski definition) is 4. The Morgan fingerprint density at radius 1 is 1.10 bits per heavy atom. The van der Waals surface area contributed by atoms with Gasteiger partial charge in [-0.1, -0.05) is 18.2 Å². The van der Waals surface area contributed by atoms with Gasteiger partial charge < -0.3 is 9.30 Å². The van der Waals surface area contributed by atoms with Crippen molar-refractivity contribution in [1.82, 2.24) is 4.57 Å². The number of aromatic nitrogens is 1. The molecule has 0 saturated heterocycles. The van der Waals surface area contributed by atoms with E-state index in [1.54, 1.807) is 11.6 Å². The van der Waals surface area contributed by atoms with Crippen LogP contribution in [-0.2, 0) is 23.5 Å². The minimum Gasteiger partial charge on any atom is -0.493 e. The van der Waals surface area contributed by atoms with Crippen LogP contribution in [-0.4, -0.2) is 32.4 Å². The molecule has 1 aliphatic carbocycles. The van der Waals surface area contributed by atoms with E-state index in [9.17, 15) is 13.2 Å². The average molecular weight is 425 g/mol. The highest BCUT2D eigenvalue weighted by Gasteiger charge is 2.29. The molecule has 1 aliphatic heterocycles. The van der Waals surface area contributed by atoms with E-state index in [4.69, 9.17) is 4.74 Å². The molecule has 0 N–H and O–H groups in total. The van der Waals surface area contributed by atoms with Crippen LogP contribution in [0.5, 0.6) is 5.75 Å². The summed E-state index contributed by atoms with van der Waals surface area (Å²) in [5, 5.41) is 1.46. The Labute approximate surface area is 175 Å². The number of ether oxygens (including phenoxy) is 1. The van der Waals surface area contributed by atoms with Gasteiger partial charge >= 0.3 is 0 Å². The molecular formula is C23H24N2O4S. The Morgan fingerprint density at radius 3 is 2.53 bits per heavy atom. The Balaban J connectivity index is 1.75. The Bertz CT molecular complexity index is 1320. The fourth-order valence-corrected chi connectivity index (χ4v) is 5.13. The molecule has 7 heteroatoms. The first-order valence-electron chi connectivity index (χ1n) is 10.2. The van der Waals surface area contributed by atoms with Crippen molar-refractivity contribution in [3.8, 4) is 16.9 Å². The number of sulfonamides is 1. The molecule has 30 heavy (non-hydrogen) atoms. The van der Waals surface area contributed by atoms with Crippen LogP contribution in [0.1, 0.15) is 18.4 Å². The van der Waals surface area contributed by atoms with Crippen LogP contribution in [0.3, 0.4) is 0 Å². The zero-order chi connectivity index (χ0) is 21.0. The molecule has 1 saturated carbocycles. The predicted octanol–water partition coefficient (Wildman–Crippen LogP) is 3.32. The van der Waals surface area contributed by atoms with Crippen molar-refractivity contribution in [3.05, 3.63) is 58.5 Å². The molecule has 156 valence electrons. The summed E-state index contributed by atoms with van der Waals surface area (Å²) in [4.78, 5) is 12.6. The normalized spacial score (nSPS) is 16.1. The first-order chi connectivity index (χ1) is 14.3. The Kier molecular flexibility index (Phi) is 4.39. The van der Waals surface area contributed by atoms with Gasteiger partial charge in [0.15, 0.2) is 0 Å². The van der Waals surface area contributed by atoms with Crippen molar-refractivity contribution in [1.29, 1.82) is 0 Å². The van der Waals surface area contributed by atoms with Gasteiger partial charge in [0, 0.05) is 36.3 Å². The van der Waals surface area contributed by atoms with E-state index in [1.165, 1.54) is 23.4 Å². The topological polar surface area (TPSA) is 68.6 Å². The van der Waals surface area contributed by atoms with Gasteiger partial charge in [-0.05, 0) is 54.3 Å². The number of pyridine rings is 1. The summed E-state index contributed by atoms with van der Waals surface area (Å²) in [6.45, 7) is 1.10. The molecule has 0 unspecified atom stereocenters. The van der Waals surface area contributed by atoms with E-state index in [0.29, 0.717) is 36.6 Å². The van der Waals surface area contributed by atoms with Gasteiger partial charge in [-0.3, -0.25) is 9.10 Å². The van der Waals surface area contributed by atoms with Gasteiger partial charge in [0.2, 0.25) is 10.0 Å². The zero-order valence-electron chi connectivity index (χ0n) is 17.1. The van der Waals surface area contributed by atoms with Gasteiger partial charge in [0.25, 0.3) is 5.56 Å². The summed E-state index contributed by atoms with van der Waals surface area (Å²) in [7, 11) is -1.63. The number of nitrogens with zero attached hydrogens (tertiary/aromatic N) is 2. The second-order valence-electron chi connectivity index (χ2n) is 8.32. The van der Waals surface area contributed by atoms with Crippen LogP contribution < -0.4 is 14.6 Å². The Hall–Kier alpha value is -2.80. The molecule has 2 heterocycles. The largest absolute Gasteiger partial charge is 0.493 e. The molecule has 0 atom stereocenters. The number of rotatable bonds is 5. The van der Waals surface area contributed by atoms with E-state index in [-0.39, 0.29) is 5.56 Å². The lowest BCUT2D eigenvalue weighted by atomic mass is 9.97. The lowest BCUT2D eigenvalue weighted by molar-refractivity contribution is 0.301. The third-order valence-corrected chi connectivity index (χ3v) is 7.17. The number of anilines is 1. The number of hydrogen-bond donors (Lipinski definition) is 0. The minimum absolute atomic E-state index is 0.0614. The molecule has 3 aromatic rings. The first-order valence-corrected chi connectivity index (χ1v) is 12.0. The molecule has 2 aliphatic rings. The van der Waals surface area contributed by atoms with Gasteiger partial charge in [-0.15, -0.1) is 0 Å². The van der Waals surface area contributed by atoms with Crippen molar-refractivity contribution in [2.24, 2.45) is 13.0 Å². The molecule has 0 amide bonds. The fraction of sp³-hybridized carbons (Fsp3) is 0.348. The predicted molar refractivity (Wildman–Crippen MR) is 119 cm³/mol. The van der Waals surface area contributed by atoms with Crippen LogP contribution in [0.15, 0.2) is 47.4 Å². The smallest absolute Gasteiger partial charge is 0.258 e. The lowest BCUT2D eigenvalue weighted by Gasteiger charge is -2.20. The second kappa shape index (κ2) is 6.87. The van der Waals surface area contributed by atoms with Gasteiger partial charge in [-0.2, -0.15) is 0 Å². The number of benzene rings is 2. The maximum absolute atomic E-state index is 12.6. The summed E-state index contributed by atoms with van der Waals surface area (Å²) in [6, 6.07) is 11.4. The molecule has 1 aromatic heterocycles. The Morgan fingerprint density at radius 2 is 1.83 bits per heavy atom. The highest BCUT2D eigenvalue weighted by atomic mass is 32.2. The van der Waals surface area contributed by atoms with Crippen molar-refractivity contribution in [2.75, 3.05) is 23.7 Å². The zero-order valence-corrected chi connectivity index (χ0v) is 17.9. The van der Waals surface area contributed by atoms with E-state index in [1.807, 2.05) is 42.6 Å². The van der Waals surface area contributed by atoms with Crippen molar-refractivity contribution in [2.45, 2.75) is 19.3 Å². The van der Waals surface area contributed by atoms with E-state index < -0.39 is 10.0 Å². The van der Waals surface area contributed by atoms with Crippen LogP contribution in [0.4, 0.5) is 5.69 Å². The van der Waals surface area contributed by atoms with Crippen LogP contribution >= 0.6 is 0 Å². The number of fused-ring (bicyclic) bond motifs is 2.